The van der Waals surface area contributed by atoms with Crippen LogP contribution in [-0.2, 0) is 0 Å². The molecule has 5 heteroatoms. The number of benzene rings is 3. The average Bonchev–Trinajstić information content (AvgIpc) is 2.75. The fourth-order valence-corrected chi connectivity index (χ4v) is 4.74. The molecular weight excluding hydrogens is 376 g/mol. The highest BCUT2D eigenvalue weighted by Crippen LogP contribution is 2.48. The molecule has 1 aliphatic rings. The molecule has 0 amide bonds. The van der Waals surface area contributed by atoms with E-state index in [0.717, 1.165) is 45.9 Å². The molecule has 0 spiro atoms. The molecule has 1 aliphatic heterocycles. The third-order valence-electron chi connectivity index (χ3n) is 5.10. The molecule has 3 aromatic carbocycles. The van der Waals surface area contributed by atoms with Crippen LogP contribution in [0.25, 0.3) is 10.9 Å². The van der Waals surface area contributed by atoms with Crippen molar-refractivity contribution < 1.29 is 0 Å². The van der Waals surface area contributed by atoms with Crippen LogP contribution < -0.4 is 16.0 Å². The van der Waals surface area contributed by atoms with Gasteiger partial charge >= 0.3 is 0 Å². The van der Waals surface area contributed by atoms with E-state index in [1.165, 1.54) is 15.4 Å². The molecule has 3 N–H and O–H groups in total. The van der Waals surface area contributed by atoms with Crippen molar-refractivity contribution in [3.05, 3.63) is 72.4 Å². The summed E-state index contributed by atoms with van der Waals surface area (Å²) in [5.74, 6) is 0. The van der Waals surface area contributed by atoms with Crippen molar-refractivity contribution in [1.29, 1.82) is 0 Å². The molecule has 144 valence electrons. The van der Waals surface area contributed by atoms with Crippen LogP contribution in [0.2, 0.25) is 0 Å². The van der Waals surface area contributed by atoms with Gasteiger partial charge in [0.2, 0.25) is 0 Å². The predicted octanol–water partition coefficient (Wildman–Crippen LogP) is 6.93. The van der Waals surface area contributed by atoms with Crippen LogP contribution in [0.4, 0.5) is 28.4 Å². The lowest BCUT2D eigenvalue weighted by Crippen LogP contribution is -2.04. The molecule has 0 atom stereocenters. The van der Waals surface area contributed by atoms with E-state index < -0.39 is 0 Å². The number of para-hydroxylation sites is 1. The summed E-state index contributed by atoms with van der Waals surface area (Å²) in [6.45, 7) is 5.16. The standard InChI is InChI=1S/C24H22N4S/c1-3-25-16-10-11-18(15(2)13-16)27-20-14-22-24(23-17(20)7-6-12-26-23)28-19-8-4-5-9-21(19)29-22/h4-14,25,27-28H,3H2,1-2H3. The van der Waals surface area contributed by atoms with Crippen molar-refractivity contribution in [3.8, 4) is 0 Å². The molecule has 0 aliphatic carbocycles. The summed E-state index contributed by atoms with van der Waals surface area (Å²) < 4.78 is 0. The maximum absolute atomic E-state index is 4.70. The van der Waals surface area contributed by atoms with E-state index in [0.29, 0.717) is 0 Å². The number of anilines is 5. The Balaban J connectivity index is 1.59. The van der Waals surface area contributed by atoms with Gasteiger partial charge in [-0.25, -0.2) is 0 Å². The summed E-state index contributed by atoms with van der Waals surface area (Å²) in [6, 6.07) is 21.2. The maximum Gasteiger partial charge on any atom is 0.0969 e. The van der Waals surface area contributed by atoms with Crippen LogP contribution >= 0.6 is 11.8 Å². The molecule has 0 fully saturated rings. The third kappa shape index (κ3) is 3.28. The van der Waals surface area contributed by atoms with Gasteiger partial charge in [-0.2, -0.15) is 0 Å². The number of fused-ring (bicyclic) bond motifs is 4. The lowest BCUT2D eigenvalue weighted by atomic mass is 10.1. The third-order valence-corrected chi connectivity index (χ3v) is 6.22. The fourth-order valence-electron chi connectivity index (χ4n) is 3.70. The Kier molecular flexibility index (Phi) is 4.52. The van der Waals surface area contributed by atoms with Crippen molar-refractivity contribution in [3.63, 3.8) is 0 Å². The summed E-state index contributed by atoms with van der Waals surface area (Å²) in [7, 11) is 0. The molecule has 2 heterocycles. The van der Waals surface area contributed by atoms with Crippen molar-refractivity contribution in [2.24, 2.45) is 0 Å². The Hall–Kier alpha value is -3.18. The number of pyridine rings is 1. The summed E-state index contributed by atoms with van der Waals surface area (Å²) >= 11 is 1.78. The van der Waals surface area contributed by atoms with Crippen LogP contribution in [0.5, 0.6) is 0 Å². The van der Waals surface area contributed by atoms with Gasteiger partial charge < -0.3 is 16.0 Å². The van der Waals surface area contributed by atoms with Crippen molar-refractivity contribution in [2.75, 3.05) is 22.5 Å². The number of rotatable bonds is 4. The van der Waals surface area contributed by atoms with Crippen molar-refractivity contribution >= 4 is 51.1 Å². The van der Waals surface area contributed by atoms with E-state index in [1.54, 1.807) is 11.8 Å². The predicted molar refractivity (Wildman–Crippen MR) is 124 cm³/mol. The number of hydrogen-bond donors (Lipinski definition) is 3. The Bertz CT molecular complexity index is 1220. The van der Waals surface area contributed by atoms with Crippen LogP contribution in [-0.4, -0.2) is 11.5 Å². The molecule has 0 radical (unpaired) electrons. The number of nitrogens with one attached hydrogen (secondary N) is 3. The molecule has 29 heavy (non-hydrogen) atoms. The first-order valence-corrected chi connectivity index (χ1v) is 10.6. The summed E-state index contributed by atoms with van der Waals surface area (Å²) in [5.41, 5.74) is 7.71. The number of hydrogen-bond acceptors (Lipinski definition) is 5. The zero-order chi connectivity index (χ0) is 19.8. The Morgan fingerprint density at radius 3 is 2.72 bits per heavy atom. The van der Waals surface area contributed by atoms with Crippen LogP contribution in [0.3, 0.4) is 0 Å². The minimum Gasteiger partial charge on any atom is -0.385 e. The van der Waals surface area contributed by atoms with Gasteiger partial charge in [-0.15, -0.1) is 0 Å². The first-order valence-electron chi connectivity index (χ1n) is 9.80. The lowest BCUT2D eigenvalue weighted by molar-refractivity contribution is 1.21. The highest BCUT2D eigenvalue weighted by Gasteiger charge is 2.20. The monoisotopic (exact) mass is 398 g/mol. The van der Waals surface area contributed by atoms with Gasteiger partial charge in [0.1, 0.15) is 0 Å². The van der Waals surface area contributed by atoms with Crippen molar-refractivity contribution in [1.82, 2.24) is 4.98 Å². The van der Waals surface area contributed by atoms with Gasteiger partial charge in [-0.1, -0.05) is 23.9 Å². The zero-order valence-corrected chi connectivity index (χ0v) is 17.2. The van der Waals surface area contributed by atoms with Gasteiger partial charge in [-0.3, -0.25) is 4.98 Å². The second kappa shape index (κ2) is 7.33. The van der Waals surface area contributed by atoms with E-state index in [4.69, 9.17) is 4.98 Å². The molecule has 1 aromatic heterocycles. The SMILES string of the molecule is CCNc1ccc(Nc2cc3c(c4ncccc24)Nc2ccccc2S3)c(C)c1. The summed E-state index contributed by atoms with van der Waals surface area (Å²) in [4.78, 5) is 7.11. The van der Waals surface area contributed by atoms with E-state index in [2.05, 4.69) is 84.4 Å². The zero-order valence-electron chi connectivity index (χ0n) is 16.4. The molecule has 5 rings (SSSR count). The van der Waals surface area contributed by atoms with E-state index in [-0.39, 0.29) is 0 Å². The van der Waals surface area contributed by atoms with E-state index in [1.807, 2.05) is 12.3 Å². The first kappa shape index (κ1) is 17.9. The van der Waals surface area contributed by atoms with E-state index >= 15 is 0 Å². The quantitative estimate of drug-likeness (QED) is 0.306. The fraction of sp³-hybridized carbons (Fsp3) is 0.125. The van der Waals surface area contributed by atoms with E-state index in [9.17, 15) is 0 Å². The summed E-state index contributed by atoms with van der Waals surface area (Å²) in [6.07, 6.45) is 1.86. The minimum atomic E-state index is 0.916. The van der Waals surface area contributed by atoms with Gasteiger partial charge in [0.25, 0.3) is 0 Å². The molecule has 0 saturated carbocycles. The first-order chi connectivity index (χ1) is 14.2. The number of aryl methyl sites for hydroxylation is 1. The normalized spacial score (nSPS) is 12.1. The molecular formula is C24H22N4S. The van der Waals surface area contributed by atoms with Crippen LogP contribution in [0.1, 0.15) is 12.5 Å². The number of nitrogens with zero attached hydrogens (tertiary/aromatic N) is 1. The van der Waals surface area contributed by atoms with Gasteiger partial charge in [0.15, 0.2) is 0 Å². The Morgan fingerprint density at radius 1 is 0.966 bits per heavy atom. The molecule has 4 aromatic rings. The van der Waals surface area contributed by atoms with Crippen LogP contribution in [0.15, 0.2) is 76.7 Å². The molecule has 0 saturated heterocycles. The minimum absolute atomic E-state index is 0.916. The van der Waals surface area contributed by atoms with Gasteiger partial charge in [0.05, 0.1) is 16.9 Å². The van der Waals surface area contributed by atoms with Gasteiger partial charge in [0, 0.05) is 45.0 Å². The average molecular weight is 399 g/mol. The maximum atomic E-state index is 4.70. The van der Waals surface area contributed by atoms with Crippen LogP contribution in [0, 0.1) is 6.92 Å². The molecule has 0 bridgehead atoms. The smallest absolute Gasteiger partial charge is 0.0969 e. The molecule has 4 nitrogen and oxygen atoms in total. The second-order valence-electron chi connectivity index (χ2n) is 7.11. The number of aromatic nitrogens is 1. The molecule has 0 unspecified atom stereocenters. The highest BCUT2D eigenvalue weighted by atomic mass is 32.2. The highest BCUT2D eigenvalue weighted by molar-refractivity contribution is 7.99. The summed E-state index contributed by atoms with van der Waals surface area (Å²) in [5, 5.41) is 11.7. The van der Waals surface area contributed by atoms with Gasteiger partial charge in [-0.05, 0) is 67.9 Å². The topological polar surface area (TPSA) is 49.0 Å². The lowest BCUT2D eigenvalue weighted by Gasteiger charge is -2.23. The Morgan fingerprint density at radius 2 is 1.86 bits per heavy atom. The largest absolute Gasteiger partial charge is 0.385 e. The Labute approximate surface area is 174 Å². The second-order valence-corrected chi connectivity index (χ2v) is 8.19. The van der Waals surface area contributed by atoms with Crippen molar-refractivity contribution in [2.45, 2.75) is 23.6 Å².